The largest absolute Gasteiger partial charge is 0.497 e. The fourth-order valence-electron chi connectivity index (χ4n) is 3.53. The second-order valence-corrected chi connectivity index (χ2v) is 7.83. The summed E-state index contributed by atoms with van der Waals surface area (Å²) in [4.78, 5) is 39.1. The minimum Gasteiger partial charge on any atom is -0.497 e. The smallest absolute Gasteiger partial charge is 0.335 e. The highest BCUT2D eigenvalue weighted by Gasteiger charge is 2.37. The van der Waals surface area contributed by atoms with E-state index in [9.17, 15) is 14.4 Å². The number of aryl methyl sites for hydroxylation is 1. The van der Waals surface area contributed by atoms with Crippen LogP contribution in [0.4, 0.5) is 10.5 Å². The van der Waals surface area contributed by atoms with Crippen LogP contribution in [0.15, 0.2) is 72.3 Å². The van der Waals surface area contributed by atoms with Crippen LogP contribution < -0.4 is 24.4 Å². The molecule has 0 aromatic heterocycles. The fourth-order valence-corrected chi connectivity index (χ4v) is 3.53. The summed E-state index contributed by atoms with van der Waals surface area (Å²) in [6, 6.07) is 18.6. The number of benzene rings is 3. The zero-order valence-corrected chi connectivity index (χ0v) is 19.5. The zero-order chi connectivity index (χ0) is 24.9. The Kier molecular flexibility index (Phi) is 6.82. The number of amides is 4. The number of carbonyl (C=O) groups is 3. The molecule has 0 radical (unpaired) electrons. The van der Waals surface area contributed by atoms with Crippen LogP contribution in [0.2, 0.25) is 0 Å². The molecule has 0 aliphatic carbocycles. The van der Waals surface area contributed by atoms with Crippen LogP contribution in [0.3, 0.4) is 0 Å². The summed E-state index contributed by atoms with van der Waals surface area (Å²) in [5, 5.41) is 2.22. The zero-order valence-electron chi connectivity index (χ0n) is 19.5. The van der Waals surface area contributed by atoms with Crippen LogP contribution in [-0.2, 0) is 16.2 Å². The number of imide groups is 2. The van der Waals surface area contributed by atoms with Gasteiger partial charge in [-0.25, -0.2) is 9.69 Å². The summed E-state index contributed by atoms with van der Waals surface area (Å²) in [7, 11) is 2.99. The van der Waals surface area contributed by atoms with Gasteiger partial charge in [-0.05, 0) is 55.0 Å². The molecule has 8 nitrogen and oxygen atoms in total. The number of carbonyl (C=O) groups excluding carboxylic acids is 3. The number of methoxy groups -OCH3 is 2. The molecule has 0 spiro atoms. The van der Waals surface area contributed by atoms with Crippen molar-refractivity contribution >= 4 is 29.6 Å². The summed E-state index contributed by atoms with van der Waals surface area (Å²) in [6.45, 7) is 2.40. The van der Waals surface area contributed by atoms with Crippen LogP contribution in [-0.4, -0.2) is 32.1 Å². The first-order valence-electron chi connectivity index (χ1n) is 10.8. The molecular weight excluding hydrogens is 448 g/mol. The van der Waals surface area contributed by atoms with Crippen molar-refractivity contribution < 1.29 is 28.6 Å². The highest BCUT2D eigenvalue weighted by molar-refractivity contribution is 6.39. The van der Waals surface area contributed by atoms with Gasteiger partial charge >= 0.3 is 6.03 Å². The number of hydrogen-bond acceptors (Lipinski definition) is 6. The number of barbiturate groups is 1. The van der Waals surface area contributed by atoms with Gasteiger partial charge in [-0.15, -0.1) is 0 Å². The van der Waals surface area contributed by atoms with Gasteiger partial charge in [0.05, 0.1) is 19.9 Å². The van der Waals surface area contributed by atoms with Crippen molar-refractivity contribution in [1.29, 1.82) is 0 Å². The molecular formula is C27H24N2O6. The molecule has 0 atom stereocenters. The number of hydrogen-bond donors (Lipinski definition) is 1. The number of nitrogens with zero attached hydrogens (tertiary/aromatic N) is 1. The molecule has 1 fully saturated rings. The SMILES string of the molecule is COc1ccc(/C=C2\C(=O)NC(=O)N(c3ccc(OCc4ccc(C)cc4)cc3)C2=O)c(OC)c1. The van der Waals surface area contributed by atoms with E-state index in [2.05, 4.69) is 5.32 Å². The molecule has 4 amide bonds. The van der Waals surface area contributed by atoms with Crippen molar-refractivity contribution in [3.8, 4) is 17.2 Å². The van der Waals surface area contributed by atoms with Gasteiger partial charge in [-0.2, -0.15) is 0 Å². The van der Waals surface area contributed by atoms with Crippen LogP contribution in [0.5, 0.6) is 17.2 Å². The highest BCUT2D eigenvalue weighted by atomic mass is 16.5. The Morgan fingerprint density at radius 1 is 0.857 bits per heavy atom. The molecule has 35 heavy (non-hydrogen) atoms. The van der Waals surface area contributed by atoms with Gasteiger partial charge in [0.1, 0.15) is 29.4 Å². The third kappa shape index (κ3) is 5.16. The van der Waals surface area contributed by atoms with Crippen LogP contribution in [0.25, 0.3) is 6.08 Å². The summed E-state index contributed by atoms with van der Waals surface area (Å²) < 4.78 is 16.3. The molecule has 0 saturated carbocycles. The van der Waals surface area contributed by atoms with E-state index in [0.717, 1.165) is 10.5 Å². The van der Waals surface area contributed by atoms with Crippen molar-refractivity contribution in [3.63, 3.8) is 0 Å². The molecule has 1 heterocycles. The van der Waals surface area contributed by atoms with Gasteiger partial charge in [0, 0.05) is 11.6 Å². The Labute approximate surface area is 202 Å². The number of ether oxygens (including phenoxy) is 3. The van der Waals surface area contributed by atoms with Gasteiger partial charge in [0.25, 0.3) is 11.8 Å². The van der Waals surface area contributed by atoms with Gasteiger partial charge < -0.3 is 14.2 Å². The van der Waals surface area contributed by atoms with Crippen molar-refractivity contribution in [1.82, 2.24) is 5.32 Å². The number of nitrogens with one attached hydrogen (secondary N) is 1. The lowest BCUT2D eigenvalue weighted by molar-refractivity contribution is -0.122. The minimum atomic E-state index is -0.827. The Bertz CT molecular complexity index is 1300. The van der Waals surface area contributed by atoms with Crippen LogP contribution in [0, 0.1) is 6.92 Å². The first kappa shape index (κ1) is 23.6. The molecule has 4 rings (SSSR count). The van der Waals surface area contributed by atoms with E-state index in [1.165, 1.54) is 25.9 Å². The first-order valence-corrected chi connectivity index (χ1v) is 10.8. The fraction of sp³-hybridized carbons (Fsp3) is 0.148. The third-order valence-electron chi connectivity index (χ3n) is 5.46. The third-order valence-corrected chi connectivity index (χ3v) is 5.46. The topological polar surface area (TPSA) is 94.2 Å². The Morgan fingerprint density at radius 2 is 1.54 bits per heavy atom. The maximum Gasteiger partial charge on any atom is 0.335 e. The van der Waals surface area contributed by atoms with E-state index >= 15 is 0 Å². The molecule has 1 N–H and O–H groups in total. The standard InChI is InChI=1S/C27H24N2O6/c1-17-4-6-18(7-5-17)16-35-21-12-9-20(10-13-21)29-26(31)23(25(30)28-27(29)32)14-19-8-11-22(33-2)15-24(19)34-3/h4-15H,16H2,1-3H3,(H,28,30,32)/b23-14+. The van der Waals surface area contributed by atoms with E-state index in [4.69, 9.17) is 14.2 Å². The average molecular weight is 472 g/mol. The predicted molar refractivity (Wildman–Crippen MR) is 131 cm³/mol. The number of anilines is 1. The highest BCUT2D eigenvalue weighted by Crippen LogP contribution is 2.29. The number of rotatable bonds is 7. The van der Waals surface area contributed by atoms with E-state index in [1.807, 2.05) is 31.2 Å². The predicted octanol–water partition coefficient (Wildman–Crippen LogP) is 4.26. The van der Waals surface area contributed by atoms with E-state index in [1.54, 1.807) is 42.5 Å². The maximum atomic E-state index is 13.2. The molecule has 0 bridgehead atoms. The normalized spacial score (nSPS) is 14.7. The first-order chi connectivity index (χ1) is 16.9. The monoisotopic (exact) mass is 472 g/mol. The van der Waals surface area contributed by atoms with Crippen LogP contribution >= 0.6 is 0 Å². The Hall–Kier alpha value is -4.59. The molecule has 1 aliphatic heterocycles. The minimum absolute atomic E-state index is 0.201. The molecule has 178 valence electrons. The molecule has 1 saturated heterocycles. The van der Waals surface area contributed by atoms with E-state index in [0.29, 0.717) is 35.1 Å². The average Bonchev–Trinajstić information content (AvgIpc) is 2.87. The second kappa shape index (κ2) is 10.1. The lowest BCUT2D eigenvalue weighted by Crippen LogP contribution is -2.54. The van der Waals surface area contributed by atoms with Crippen molar-refractivity contribution in [3.05, 3.63) is 89.0 Å². The van der Waals surface area contributed by atoms with Gasteiger partial charge in [-0.3, -0.25) is 14.9 Å². The lowest BCUT2D eigenvalue weighted by Gasteiger charge is -2.26. The molecule has 3 aromatic rings. The summed E-state index contributed by atoms with van der Waals surface area (Å²) >= 11 is 0. The number of urea groups is 1. The van der Waals surface area contributed by atoms with Gasteiger partial charge in [-0.1, -0.05) is 29.8 Å². The van der Waals surface area contributed by atoms with E-state index < -0.39 is 17.8 Å². The lowest BCUT2D eigenvalue weighted by atomic mass is 10.1. The summed E-state index contributed by atoms with van der Waals surface area (Å²) in [5.41, 5.74) is 2.77. The molecule has 0 unspecified atom stereocenters. The quantitative estimate of drug-likeness (QED) is 0.408. The molecule has 3 aromatic carbocycles. The Balaban J connectivity index is 1.55. The Morgan fingerprint density at radius 3 is 2.20 bits per heavy atom. The van der Waals surface area contributed by atoms with Gasteiger partial charge in [0.15, 0.2) is 0 Å². The maximum absolute atomic E-state index is 13.2. The second-order valence-electron chi connectivity index (χ2n) is 7.83. The van der Waals surface area contributed by atoms with Crippen molar-refractivity contribution in [2.75, 3.05) is 19.1 Å². The summed E-state index contributed by atoms with van der Waals surface area (Å²) in [6.07, 6.45) is 1.38. The summed E-state index contributed by atoms with van der Waals surface area (Å²) in [5.74, 6) is 0.0204. The van der Waals surface area contributed by atoms with Gasteiger partial charge in [0.2, 0.25) is 0 Å². The van der Waals surface area contributed by atoms with Crippen LogP contribution in [0.1, 0.15) is 16.7 Å². The molecule has 8 heteroatoms. The van der Waals surface area contributed by atoms with E-state index in [-0.39, 0.29) is 5.57 Å². The van der Waals surface area contributed by atoms with Crippen molar-refractivity contribution in [2.24, 2.45) is 0 Å². The van der Waals surface area contributed by atoms with Crippen molar-refractivity contribution in [2.45, 2.75) is 13.5 Å². The molecule has 1 aliphatic rings.